The molecule has 4 nitrogen and oxygen atoms in total. The molecule has 0 fully saturated rings. The average molecular weight is 291 g/mol. The third-order valence-electron chi connectivity index (χ3n) is 3.82. The summed E-state index contributed by atoms with van der Waals surface area (Å²) in [5, 5.41) is 3.00. The lowest BCUT2D eigenvalue weighted by Gasteiger charge is -2.25. The van der Waals surface area contributed by atoms with Crippen molar-refractivity contribution >= 4 is 5.91 Å². The third kappa shape index (κ3) is 5.86. The zero-order valence-corrected chi connectivity index (χ0v) is 13.7. The number of amides is 1. The van der Waals surface area contributed by atoms with Gasteiger partial charge in [0.05, 0.1) is 6.04 Å². The molecular formula is C17H29N3O. The van der Waals surface area contributed by atoms with Gasteiger partial charge in [-0.3, -0.25) is 9.69 Å². The molecule has 118 valence electrons. The molecule has 0 aliphatic heterocycles. The average Bonchev–Trinajstić information content (AvgIpc) is 2.46. The normalized spacial score (nSPS) is 12.7. The maximum absolute atomic E-state index is 12.1. The molecule has 1 rings (SSSR count). The van der Waals surface area contributed by atoms with Crippen LogP contribution in [-0.4, -0.2) is 30.4 Å². The topological polar surface area (TPSA) is 58.4 Å². The first kappa shape index (κ1) is 17.7. The molecule has 1 aromatic carbocycles. The molecular weight excluding hydrogens is 262 g/mol. The molecule has 21 heavy (non-hydrogen) atoms. The smallest absolute Gasteiger partial charge is 0.237 e. The monoisotopic (exact) mass is 291 g/mol. The Morgan fingerprint density at radius 3 is 2.43 bits per heavy atom. The SMILES string of the molecule is CC(C)CCNC(=O)C(C)N(C)Cc1ccccc1CN. The molecule has 0 radical (unpaired) electrons. The fourth-order valence-corrected chi connectivity index (χ4v) is 2.15. The molecule has 0 aromatic heterocycles. The highest BCUT2D eigenvalue weighted by Crippen LogP contribution is 2.12. The Hall–Kier alpha value is -1.39. The molecule has 0 heterocycles. The van der Waals surface area contributed by atoms with Crippen molar-refractivity contribution in [2.75, 3.05) is 13.6 Å². The highest BCUT2D eigenvalue weighted by Gasteiger charge is 2.18. The molecule has 0 saturated heterocycles. The molecule has 1 atom stereocenters. The van der Waals surface area contributed by atoms with Gasteiger partial charge in [0.1, 0.15) is 0 Å². The molecule has 0 aliphatic rings. The predicted octanol–water partition coefficient (Wildman–Crippen LogP) is 2.13. The van der Waals surface area contributed by atoms with Gasteiger partial charge in [-0.1, -0.05) is 38.1 Å². The number of nitrogens with one attached hydrogen (secondary N) is 1. The Balaban J connectivity index is 2.53. The Morgan fingerprint density at radius 1 is 1.24 bits per heavy atom. The number of carbonyl (C=O) groups excluding carboxylic acids is 1. The van der Waals surface area contributed by atoms with Gasteiger partial charge >= 0.3 is 0 Å². The highest BCUT2D eigenvalue weighted by molar-refractivity contribution is 5.81. The fraction of sp³-hybridized carbons (Fsp3) is 0.588. The standard InChI is InChI=1S/C17H29N3O/c1-13(2)9-10-19-17(21)14(3)20(4)12-16-8-6-5-7-15(16)11-18/h5-8,13-14H,9-12,18H2,1-4H3,(H,19,21). The molecule has 1 unspecified atom stereocenters. The van der Waals surface area contributed by atoms with E-state index in [0.717, 1.165) is 25.1 Å². The molecule has 4 heteroatoms. The summed E-state index contributed by atoms with van der Waals surface area (Å²) in [4.78, 5) is 14.2. The Kier molecular flexibility index (Phi) is 7.40. The third-order valence-corrected chi connectivity index (χ3v) is 3.82. The second-order valence-corrected chi connectivity index (χ2v) is 6.04. The van der Waals surface area contributed by atoms with Crippen LogP contribution in [0, 0.1) is 5.92 Å². The lowest BCUT2D eigenvalue weighted by Crippen LogP contribution is -2.43. The summed E-state index contributed by atoms with van der Waals surface area (Å²) in [6.07, 6.45) is 1.01. The summed E-state index contributed by atoms with van der Waals surface area (Å²) >= 11 is 0. The van der Waals surface area contributed by atoms with Crippen LogP contribution in [0.2, 0.25) is 0 Å². The van der Waals surface area contributed by atoms with Crippen molar-refractivity contribution in [3.05, 3.63) is 35.4 Å². The van der Waals surface area contributed by atoms with Crippen LogP contribution in [0.25, 0.3) is 0 Å². The maximum Gasteiger partial charge on any atom is 0.237 e. The minimum absolute atomic E-state index is 0.0865. The number of likely N-dealkylation sites (N-methyl/N-ethyl adjacent to an activating group) is 1. The van der Waals surface area contributed by atoms with Crippen LogP contribution in [0.15, 0.2) is 24.3 Å². The van der Waals surface area contributed by atoms with E-state index >= 15 is 0 Å². The Labute approximate surface area is 128 Å². The van der Waals surface area contributed by atoms with Crippen molar-refractivity contribution in [2.24, 2.45) is 11.7 Å². The van der Waals surface area contributed by atoms with Gasteiger partial charge < -0.3 is 11.1 Å². The minimum Gasteiger partial charge on any atom is -0.355 e. The van der Waals surface area contributed by atoms with Crippen molar-refractivity contribution in [2.45, 2.75) is 46.3 Å². The quantitative estimate of drug-likeness (QED) is 0.771. The van der Waals surface area contributed by atoms with Gasteiger partial charge in [0.25, 0.3) is 0 Å². The molecule has 0 saturated carbocycles. The van der Waals surface area contributed by atoms with E-state index in [1.807, 2.05) is 32.2 Å². The van der Waals surface area contributed by atoms with E-state index in [9.17, 15) is 4.79 Å². The second-order valence-electron chi connectivity index (χ2n) is 6.04. The van der Waals surface area contributed by atoms with E-state index in [4.69, 9.17) is 5.73 Å². The summed E-state index contributed by atoms with van der Waals surface area (Å²) < 4.78 is 0. The van der Waals surface area contributed by atoms with Crippen molar-refractivity contribution < 1.29 is 4.79 Å². The summed E-state index contributed by atoms with van der Waals surface area (Å²) in [6.45, 7) is 8.26. The number of hydrogen-bond acceptors (Lipinski definition) is 3. The second kappa shape index (κ2) is 8.80. The Bertz CT molecular complexity index is 445. The van der Waals surface area contributed by atoms with Gasteiger partial charge in [-0.2, -0.15) is 0 Å². The van der Waals surface area contributed by atoms with Crippen LogP contribution in [0.5, 0.6) is 0 Å². The summed E-state index contributed by atoms with van der Waals surface area (Å²) in [6, 6.07) is 7.96. The van der Waals surface area contributed by atoms with Crippen molar-refractivity contribution in [3.63, 3.8) is 0 Å². The van der Waals surface area contributed by atoms with Crippen LogP contribution < -0.4 is 11.1 Å². The van der Waals surface area contributed by atoms with Crippen LogP contribution in [0.1, 0.15) is 38.3 Å². The van der Waals surface area contributed by atoms with Crippen LogP contribution >= 0.6 is 0 Å². The lowest BCUT2D eigenvalue weighted by atomic mass is 10.1. The Morgan fingerprint density at radius 2 is 1.86 bits per heavy atom. The van der Waals surface area contributed by atoms with E-state index in [0.29, 0.717) is 12.5 Å². The molecule has 1 amide bonds. The van der Waals surface area contributed by atoms with Gasteiger partial charge in [-0.05, 0) is 37.4 Å². The maximum atomic E-state index is 12.1. The minimum atomic E-state index is -0.150. The first-order valence-electron chi connectivity index (χ1n) is 7.70. The van der Waals surface area contributed by atoms with Gasteiger partial charge in [0.2, 0.25) is 5.91 Å². The van der Waals surface area contributed by atoms with Gasteiger partial charge in [0, 0.05) is 19.6 Å². The number of nitrogens with zero attached hydrogens (tertiary/aromatic N) is 1. The van der Waals surface area contributed by atoms with Crippen LogP contribution in [-0.2, 0) is 17.9 Å². The van der Waals surface area contributed by atoms with Crippen LogP contribution in [0.3, 0.4) is 0 Å². The van der Waals surface area contributed by atoms with Crippen LogP contribution in [0.4, 0.5) is 0 Å². The number of nitrogens with two attached hydrogens (primary N) is 1. The van der Waals surface area contributed by atoms with Gasteiger partial charge in [0.15, 0.2) is 0 Å². The molecule has 0 bridgehead atoms. The van der Waals surface area contributed by atoms with E-state index in [1.54, 1.807) is 0 Å². The van der Waals surface area contributed by atoms with E-state index < -0.39 is 0 Å². The first-order chi connectivity index (χ1) is 9.95. The summed E-state index contributed by atoms with van der Waals surface area (Å²) in [7, 11) is 1.97. The van der Waals surface area contributed by atoms with E-state index in [-0.39, 0.29) is 11.9 Å². The largest absolute Gasteiger partial charge is 0.355 e. The van der Waals surface area contributed by atoms with E-state index in [2.05, 4.69) is 30.1 Å². The molecule has 0 aliphatic carbocycles. The summed E-state index contributed by atoms with van der Waals surface area (Å²) in [5.41, 5.74) is 8.08. The lowest BCUT2D eigenvalue weighted by molar-refractivity contribution is -0.125. The van der Waals surface area contributed by atoms with Gasteiger partial charge in [-0.15, -0.1) is 0 Å². The number of hydrogen-bond donors (Lipinski definition) is 2. The van der Waals surface area contributed by atoms with Crippen molar-refractivity contribution in [1.29, 1.82) is 0 Å². The van der Waals surface area contributed by atoms with Crippen molar-refractivity contribution in [1.82, 2.24) is 10.2 Å². The molecule has 3 N–H and O–H groups in total. The zero-order chi connectivity index (χ0) is 15.8. The highest BCUT2D eigenvalue weighted by atomic mass is 16.2. The predicted molar refractivity (Wildman–Crippen MR) is 87.7 cm³/mol. The summed E-state index contributed by atoms with van der Waals surface area (Å²) in [5.74, 6) is 0.693. The molecule has 0 spiro atoms. The van der Waals surface area contributed by atoms with Crippen molar-refractivity contribution in [3.8, 4) is 0 Å². The number of carbonyl (C=O) groups is 1. The number of benzene rings is 1. The first-order valence-corrected chi connectivity index (χ1v) is 7.70. The number of rotatable bonds is 8. The van der Waals surface area contributed by atoms with Gasteiger partial charge in [-0.25, -0.2) is 0 Å². The molecule has 1 aromatic rings. The fourth-order valence-electron chi connectivity index (χ4n) is 2.15. The van der Waals surface area contributed by atoms with E-state index in [1.165, 1.54) is 5.56 Å². The zero-order valence-electron chi connectivity index (χ0n) is 13.7.